The van der Waals surface area contributed by atoms with Crippen molar-refractivity contribution < 1.29 is 42.9 Å². The van der Waals surface area contributed by atoms with Gasteiger partial charge < -0.3 is 33.9 Å². The number of allylic oxidation sites excluding steroid dienone is 2. The number of esters is 3. The first-order valence-corrected chi connectivity index (χ1v) is 24.6. The number of likely N-dealkylation sites (N-methyl/N-ethyl adjacent to an activating group) is 1. The Morgan fingerprint density at radius 2 is 0.917 bits per heavy atom. The predicted octanol–water partition coefficient (Wildman–Crippen LogP) is 12.2. The zero-order valence-corrected chi connectivity index (χ0v) is 39.8. The number of rotatable bonds is 42. The van der Waals surface area contributed by atoms with E-state index in [4.69, 9.17) is 23.7 Å². The molecule has 0 aliphatic carbocycles. The van der Waals surface area contributed by atoms with Crippen LogP contribution in [0.15, 0.2) is 11.8 Å². The van der Waals surface area contributed by atoms with Gasteiger partial charge in [0.25, 0.3) is 0 Å². The first-order valence-electron chi connectivity index (χ1n) is 24.6. The third-order valence-corrected chi connectivity index (χ3v) is 11.0. The summed E-state index contributed by atoms with van der Waals surface area (Å²) in [6, 6.07) is 0. The SMILES string of the molecule is C/C=C(/CCCC(=O)OC(CCCCCC)CCCCCC)OCC(COC(=O)CCCC(=O)OC(CCCCCC)CCCCCC)COC(=O)NCCN(CC)CC. The third kappa shape index (κ3) is 34.8. The molecule has 0 rings (SSSR count). The number of nitrogens with zero attached hydrogens (tertiary/aromatic N) is 1. The molecule has 1 N–H and O–H groups in total. The van der Waals surface area contributed by atoms with E-state index >= 15 is 0 Å². The summed E-state index contributed by atoms with van der Waals surface area (Å²) in [7, 11) is 0. The minimum Gasteiger partial charge on any atom is -0.498 e. The zero-order chi connectivity index (χ0) is 44.5. The molecule has 0 aromatic rings. The van der Waals surface area contributed by atoms with Gasteiger partial charge in [-0.3, -0.25) is 14.4 Å². The first-order chi connectivity index (χ1) is 29.1. The molecule has 352 valence electrons. The molecule has 0 bridgehead atoms. The lowest BCUT2D eigenvalue weighted by Crippen LogP contribution is -2.36. The van der Waals surface area contributed by atoms with Gasteiger partial charge in [-0.15, -0.1) is 0 Å². The van der Waals surface area contributed by atoms with Gasteiger partial charge in [0.2, 0.25) is 0 Å². The highest BCUT2D eigenvalue weighted by Crippen LogP contribution is 2.19. The molecule has 1 atom stereocenters. The van der Waals surface area contributed by atoms with Crippen LogP contribution in [-0.4, -0.2) is 87.1 Å². The molecule has 1 unspecified atom stereocenters. The van der Waals surface area contributed by atoms with E-state index in [-0.39, 0.29) is 56.8 Å². The summed E-state index contributed by atoms with van der Waals surface area (Å²) in [4.78, 5) is 53.2. The number of hydrogen-bond donors (Lipinski definition) is 1. The Kier molecular flexibility index (Phi) is 39.6. The maximum absolute atomic E-state index is 12.9. The van der Waals surface area contributed by atoms with Gasteiger partial charge in [-0.05, 0) is 90.3 Å². The number of nitrogens with one attached hydrogen (secondary N) is 1. The number of alkyl carbamates (subject to hydrolysis) is 1. The molecular weight excluding hydrogens is 761 g/mol. The van der Waals surface area contributed by atoms with Gasteiger partial charge in [0.1, 0.15) is 25.4 Å². The van der Waals surface area contributed by atoms with Crippen molar-refractivity contribution >= 4 is 24.0 Å². The second-order valence-corrected chi connectivity index (χ2v) is 16.5. The highest BCUT2D eigenvalue weighted by atomic mass is 16.6. The first kappa shape index (κ1) is 57.2. The van der Waals surface area contributed by atoms with E-state index < -0.39 is 18.0 Å². The molecule has 0 radical (unpaired) electrons. The summed E-state index contributed by atoms with van der Waals surface area (Å²) in [5, 5.41) is 2.80. The summed E-state index contributed by atoms with van der Waals surface area (Å²) in [5.41, 5.74) is 0. The molecule has 11 nitrogen and oxygen atoms in total. The Morgan fingerprint density at radius 1 is 0.500 bits per heavy atom. The minimum absolute atomic E-state index is 0.00414. The molecular formula is C49H92N2O9. The molecule has 11 heteroatoms. The summed E-state index contributed by atoms with van der Waals surface area (Å²) in [6.07, 6.45) is 25.3. The summed E-state index contributed by atoms with van der Waals surface area (Å²) >= 11 is 0. The standard InChI is InChI=1S/C49H92N2O9/c1-8-15-19-23-29-44(30-24-20-16-9-2)59-47(53)35-27-33-43(12-5)56-39-42(41-58-49(55)50-37-38-51(13-6)14-7)40-57-46(52)34-28-36-48(54)60-45(31-25-21-17-10-3)32-26-22-18-11-4/h12,42,44-45H,8-11,13-41H2,1-7H3,(H,50,55)/b43-12-. The molecule has 0 spiro atoms. The largest absolute Gasteiger partial charge is 0.498 e. The van der Waals surface area contributed by atoms with Gasteiger partial charge in [-0.1, -0.05) is 119 Å². The Bertz CT molecular complexity index is 1060. The zero-order valence-electron chi connectivity index (χ0n) is 39.8. The van der Waals surface area contributed by atoms with Crippen molar-refractivity contribution in [1.82, 2.24) is 10.2 Å². The van der Waals surface area contributed by atoms with Gasteiger partial charge >= 0.3 is 24.0 Å². The molecule has 1 amide bonds. The van der Waals surface area contributed by atoms with Crippen LogP contribution < -0.4 is 5.32 Å². The lowest BCUT2D eigenvalue weighted by atomic mass is 10.0. The number of unbranched alkanes of at least 4 members (excludes halogenated alkanes) is 12. The van der Waals surface area contributed by atoms with Gasteiger partial charge in [-0.25, -0.2) is 4.79 Å². The Balaban J connectivity index is 5.14. The van der Waals surface area contributed by atoms with E-state index in [9.17, 15) is 19.2 Å². The molecule has 0 saturated carbocycles. The van der Waals surface area contributed by atoms with Crippen LogP contribution >= 0.6 is 0 Å². The van der Waals surface area contributed by atoms with Crippen molar-refractivity contribution in [2.24, 2.45) is 5.92 Å². The maximum atomic E-state index is 12.9. The molecule has 0 saturated heterocycles. The molecule has 0 heterocycles. The van der Waals surface area contributed by atoms with Crippen LogP contribution in [0.25, 0.3) is 0 Å². The lowest BCUT2D eigenvalue weighted by Gasteiger charge is -2.21. The highest BCUT2D eigenvalue weighted by molar-refractivity contribution is 5.72. The van der Waals surface area contributed by atoms with E-state index in [2.05, 4.69) is 51.8 Å². The van der Waals surface area contributed by atoms with E-state index in [1.54, 1.807) is 0 Å². The lowest BCUT2D eigenvalue weighted by molar-refractivity contribution is -0.151. The number of ether oxygens (including phenoxy) is 5. The molecule has 0 aromatic heterocycles. The van der Waals surface area contributed by atoms with Crippen LogP contribution in [0.1, 0.15) is 215 Å². The second-order valence-electron chi connectivity index (χ2n) is 16.5. The Hall–Kier alpha value is -2.82. The number of carbonyl (C=O) groups excluding carboxylic acids is 4. The molecule has 0 fully saturated rings. The van der Waals surface area contributed by atoms with Crippen molar-refractivity contribution in [3.63, 3.8) is 0 Å². The van der Waals surface area contributed by atoms with Crippen LogP contribution in [0.2, 0.25) is 0 Å². The fourth-order valence-electron chi connectivity index (χ4n) is 7.05. The van der Waals surface area contributed by atoms with Crippen molar-refractivity contribution in [2.45, 2.75) is 228 Å². The fourth-order valence-corrected chi connectivity index (χ4v) is 7.05. The third-order valence-electron chi connectivity index (χ3n) is 11.0. The smallest absolute Gasteiger partial charge is 0.407 e. The average Bonchev–Trinajstić information content (AvgIpc) is 3.24. The highest BCUT2D eigenvalue weighted by Gasteiger charge is 2.20. The van der Waals surface area contributed by atoms with Crippen LogP contribution in [0.3, 0.4) is 0 Å². The van der Waals surface area contributed by atoms with E-state index in [1.165, 1.54) is 64.2 Å². The topological polar surface area (TPSA) is 130 Å². The summed E-state index contributed by atoms with van der Waals surface area (Å²) in [6.45, 7) is 17.9. The van der Waals surface area contributed by atoms with Crippen LogP contribution in [0, 0.1) is 5.92 Å². The van der Waals surface area contributed by atoms with Crippen molar-refractivity contribution in [1.29, 1.82) is 0 Å². The van der Waals surface area contributed by atoms with Gasteiger partial charge in [0, 0.05) is 38.8 Å². The fraction of sp³-hybridized carbons (Fsp3) is 0.878. The molecule has 0 aliphatic heterocycles. The van der Waals surface area contributed by atoms with Gasteiger partial charge in [0.05, 0.1) is 18.3 Å². The Morgan fingerprint density at radius 3 is 1.35 bits per heavy atom. The van der Waals surface area contributed by atoms with E-state index in [0.717, 1.165) is 83.8 Å². The van der Waals surface area contributed by atoms with Crippen molar-refractivity contribution in [3.8, 4) is 0 Å². The van der Waals surface area contributed by atoms with Crippen LogP contribution in [0.4, 0.5) is 4.79 Å². The predicted molar refractivity (Wildman–Crippen MR) is 244 cm³/mol. The van der Waals surface area contributed by atoms with Crippen LogP contribution in [0.5, 0.6) is 0 Å². The van der Waals surface area contributed by atoms with Gasteiger partial charge in [0.15, 0.2) is 0 Å². The normalized spacial score (nSPS) is 12.2. The van der Waals surface area contributed by atoms with E-state index in [0.29, 0.717) is 38.0 Å². The molecule has 60 heavy (non-hydrogen) atoms. The number of hydrogen-bond acceptors (Lipinski definition) is 10. The minimum atomic E-state index is -0.537. The summed E-state index contributed by atoms with van der Waals surface area (Å²) in [5.74, 6) is -0.557. The van der Waals surface area contributed by atoms with Gasteiger partial charge in [-0.2, -0.15) is 0 Å². The quantitative estimate of drug-likeness (QED) is 0.0274. The molecule has 0 aliphatic rings. The molecule has 0 aromatic carbocycles. The number of amides is 1. The second kappa shape index (κ2) is 41.5. The summed E-state index contributed by atoms with van der Waals surface area (Å²) < 4.78 is 29.1. The average molecular weight is 853 g/mol. The van der Waals surface area contributed by atoms with Crippen molar-refractivity contribution in [2.75, 3.05) is 46.0 Å². The van der Waals surface area contributed by atoms with E-state index in [1.807, 2.05) is 13.0 Å². The maximum Gasteiger partial charge on any atom is 0.407 e. The number of carbonyl (C=O) groups is 4. The Labute approximate surface area is 367 Å². The van der Waals surface area contributed by atoms with Crippen LogP contribution in [-0.2, 0) is 38.1 Å². The van der Waals surface area contributed by atoms with Crippen molar-refractivity contribution in [3.05, 3.63) is 11.8 Å². The monoisotopic (exact) mass is 853 g/mol.